The molecule has 0 fully saturated rings. The molecule has 0 amide bonds. The number of benzene rings is 1. The first-order valence-electron chi connectivity index (χ1n) is 6.39. The van der Waals surface area contributed by atoms with E-state index in [4.69, 9.17) is 16.3 Å². The normalized spacial score (nSPS) is 10.8. The Bertz CT molecular complexity index is 739. The zero-order chi connectivity index (χ0) is 14.7. The van der Waals surface area contributed by atoms with E-state index < -0.39 is 0 Å². The summed E-state index contributed by atoms with van der Waals surface area (Å²) in [6.07, 6.45) is 3.54. The lowest BCUT2D eigenvalue weighted by Gasteiger charge is -2.03. The first-order valence-corrected chi connectivity index (χ1v) is 6.76. The summed E-state index contributed by atoms with van der Waals surface area (Å²) in [6, 6.07) is 11.6. The predicted octanol–water partition coefficient (Wildman–Crippen LogP) is 3.13. The van der Waals surface area contributed by atoms with Gasteiger partial charge in [-0.1, -0.05) is 28.9 Å². The Morgan fingerprint density at radius 1 is 1.24 bits per heavy atom. The van der Waals surface area contributed by atoms with Crippen molar-refractivity contribution in [2.45, 2.75) is 6.61 Å². The van der Waals surface area contributed by atoms with Gasteiger partial charge >= 0.3 is 0 Å². The van der Waals surface area contributed by atoms with Gasteiger partial charge in [0.2, 0.25) is 0 Å². The van der Waals surface area contributed by atoms with Gasteiger partial charge in [-0.2, -0.15) is 0 Å². The predicted molar refractivity (Wildman–Crippen MR) is 80.3 cm³/mol. The molecule has 0 radical (unpaired) electrons. The quantitative estimate of drug-likeness (QED) is 0.695. The van der Waals surface area contributed by atoms with Gasteiger partial charge in [-0.15, -0.1) is 5.10 Å². The van der Waals surface area contributed by atoms with E-state index in [-0.39, 0.29) is 0 Å². The molecule has 0 N–H and O–H groups in total. The SMILES string of the molecule is COCc1cccc(-n2cc(-c3ccc(Cl)nc3)nn2)c1. The molecule has 6 heteroatoms. The van der Waals surface area contributed by atoms with Crippen LogP contribution in [-0.2, 0) is 11.3 Å². The lowest BCUT2D eigenvalue weighted by Crippen LogP contribution is -1.96. The van der Waals surface area contributed by atoms with E-state index in [1.807, 2.05) is 36.5 Å². The van der Waals surface area contributed by atoms with Crippen LogP contribution in [0.4, 0.5) is 0 Å². The number of pyridine rings is 1. The molecule has 0 unspecified atom stereocenters. The zero-order valence-electron chi connectivity index (χ0n) is 11.4. The second-order valence-electron chi connectivity index (χ2n) is 4.52. The summed E-state index contributed by atoms with van der Waals surface area (Å²) in [4.78, 5) is 4.05. The molecule has 0 bridgehead atoms. The number of hydrogen-bond acceptors (Lipinski definition) is 4. The topological polar surface area (TPSA) is 52.8 Å². The van der Waals surface area contributed by atoms with Crippen LogP contribution in [0.5, 0.6) is 0 Å². The van der Waals surface area contributed by atoms with Gasteiger partial charge in [0, 0.05) is 18.9 Å². The molecule has 2 heterocycles. The average molecular weight is 301 g/mol. The molecule has 0 saturated carbocycles. The molecule has 0 aliphatic heterocycles. The van der Waals surface area contributed by atoms with Crippen molar-refractivity contribution in [2.75, 3.05) is 7.11 Å². The summed E-state index contributed by atoms with van der Waals surface area (Å²) >= 11 is 5.78. The fraction of sp³-hybridized carbons (Fsp3) is 0.133. The number of halogens is 1. The minimum absolute atomic E-state index is 0.457. The number of nitrogens with zero attached hydrogens (tertiary/aromatic N) is 4. The van der Waals surface area contributed by atoms with Gasteiger partial charge in [0.05, 0.1) is 18.5 Å². The monoisotopic (exact) mass is 300 g/mol. The Morgan fingerprint density at radius 3 is 2.90 bits per heavy atom. The van der Waals surface area contributed by atoms with Crippen molar-refractivity contribution in [2.24, 2.45) is 0 Å². The van der Waals surface area contributed by atoms with Crippen LogP contribution >= 0.6 is 11.6 Å². The summed E-state index contributed by atoms with van der Waals surface area (Å²) in [7, 11) is 1.67. The summed E-state index contributed by atoms with van der Waals surface area (Å²) < 4.78 is 6.86. The second-order valence-corrected chi connectivity index (χ2v) is 4.91. The largest absolute Gasteiger partial charge is 0.380 e. The molecule has 0 aliphatic carbocycles. The fourth-order valence-electron chi connectivity index (χ4n) is 2.01. The third kappa shape index (κ3) is 3.09. The van der Waals surface area contributed by atoms with Crippen LogP contribution < -0.4 is 0 Å². The maximum Gasteiger partial charge on any atom is 0.129 e. The minimum atomic E-state index is 0.457. The van der Waals surface area contributed by atoms with E-state index >= 15 is 0 Å². The molecule has 1 aromatic carbocycles. The van der Waals surface area contributed by atoms with Gasteiger partial charge in [0.1, 0.15) is 10.8 Å². The van der Waals surface area contributed by atoms with Crippen LogP contribution in [-0.4, -0.2) is 27.1 Å². The molecule has 5 nitrogen and oxygen atoms in total. The Kier molecular flexibility index (Phi) is 3.94. The van der Waals surface area contributed by atoms with Crippen molar-refractivity contribution >= 4 is 11.6 Å². The Labute approximate surface area is 127 Å². The van der Waals surface area contributed by atoms with Crippen LogP contribution in [0, 0.1) is 0 Å². The van der Waals surface area contributed by atoms with Gasteiger partial charge < -0.3 is 4.74 Å². The zero-order valence-corrected chi connectivity index (χ0v) is 12.2. The first-order chi connectivity index (χ1) is 10.3. The highest BCUT2D eigenvalue weighted by molar-refractivity contribution is 6.29. The number of methoxy groups -OCH3 is 1. The summed E-state index contributed by atoms with van der Waals surface area (Å²) in [5, 5.41) is 8.78. The highest BCUT2D eigenvalue weighted by Crippen LogP contribution is 2.18. The van der Waals surface area contributed by atoms with Crippen LogP contribution in [0.1, 0.15) is 5.56 Å². The van der Waals surface area contributed by atoms with E-state index in [9.17, 15) is 0 Å². The Hall–Kier alpha value is -2.24. The minimum Gasteiger partial charge on any atom is -0.380 e. The van der Waals surface area contributed by atoms with E-state index in [1.54, 1.807) is 24.1 Å². The number of rotatable bonds is 4. The van der Waals surface area contributed by atoms with Crippen LogP contribution in [0.2, 0.25) is 5.15 Å². The third-order valence-corrected chi connectivity index (χ3v) is 3.23. The second kappa shape index (κ2) is 6.03. The van der Waals surface area contributed by atoms with E-state index in [0.29, 0.717) is 11.8 Å². The van der Waals surface area contributed by atoms with Crippen molar-refractivity contribution < 1.29 is 4.74 Å². The standard InChI is InChI=1S/C15H13ClN4O/c1-21-10-11-3-2-4-13(7-11)20-9-14(18-19-20)12-5-6-15(16)17-8-12/h2-9H,10H2,1H3. The highest BCUT2D eigenvalue weighted by Gasteiger charge is 2.06. The number of hydrogen-bond donors (Lipinski definition) is 0. The van der Waals surface area contributed by atoms with Crippen LogP contribution in [0.15, 0.2) is 48.8 Å². The highest BCUT2D eigenvalue weighted by atomic mass is 35.5. The smallest absolute Gasteiger partial charge is 0.129 e. The Balaban J connectivity index is 1.91. The van der Waals surface area contributed by atoms with Crippen molar-refractivity contribution in [1.29, 1.82) is 0 Å². The summed E-state index contributed by atoms with van der Waals surface area (Å²) in [6.45, 7) is 0.566. The maximum atomic E-state index is 5.78. The molecular formula is C15H13ClN4O. The molecular weight excluding hydrogens is 288 g/mol. The van der Waals surface area contributed by atoms with Gasteiger partial charge in [-0.3, -0.25) is 0 Å². The Morgan fingerprint density at radius 2 is 2.14 bits per heavy atom. The van der Waals surface area contributed by atoms with Gasteiger partial charge in [-0.25, -0.2) is 9.67 Å². The maximum absolute atomic E-state index is 5.78. The first kappa shape index (κ1) is 13.7. The van der Waals surface area contributed by atoms with Crippen molar-refractivity contribution in [3.05, 3.63) is 59.5 Å². The number of aromatic nitrogens is 4. The van der Waals surface area contributed by atoms with E-state index in [1.165, 1.54) is 0 Å². The molecule has 3 rings (SSSR count). The molecule has 21 heavy (non-hydrogen) atoms. The van der Waals surface area contributed by atoms with Crippen LogP contribution in [0.25, 0.3) is 16.9 Å². The molecule has 3 aromatic rings. The molecule has 0 saturated heterocycles. The van der Waals surface area contributed by atoms with Crippen molar-refractivity contribution in [3.63, 3.8) is 0 Å². The van der Waals surface area contributed by atoms with Gasteiger partial charge in [0.15, 0.2) is 0 Å². The average Bonchev–Trinajstić information content (AvgIpc) is 2.98. The van der Waals surface area contributed by atoms with Crippen molar-refractivity contribution in [1.82, 2.24) is 20.0 Å². The number of ether oxygens (including phenoxy) is 1. The molecule has 106 valence electrons. The van der Waals surface area contributed by atoms with E-state index in [0.717, 1.165) is 22.5 Å². The van der Waals surface area contributed by atoms with Crippen molar-refractivity contribution in [3.8, 4) is 16.9 Å². The van der Waals surface area contributed by atoms with Crippen LogP contribution in [0.3, 0.4) is 0 Å². The lowest BCUT2D eigenvalue weighted by molar-refractivity contribution is 0.185. The molecule has 0 spiro atoms. The van der Waals surface area contributed by atoms with Gasteiger partial charge in [0.25, 0.3) is 0 Å². The lowest BCUT2D eigenvalue weighted by atomic mass is 10.2. The van der Waals surface area contributed by atoms with E-state index in [2.05, 4.69) is 15.3 Å². The van der Waals surface area contributed by atoms with Gasteiger partial charge in [-0.05, 0) is 29.8 Å². The molecule has 2 aromatic heterocycles. The third-order valence-electron chi connectivity index (χ3n) is 3.00. The summed E-state index contributed by atoms with van der Waals surface area (Å²) in [5.41, 5.74) is 3.64. The molecule has 0 atom stereocenters. The fourth-order valence-corrected chi connectivity index (χ4v) is 2.12. The molecule has 0 aliphatic rings. The summed E-state index contributed by atoms with van der Waals surface area (Å²) in [5.74, 6) is 0.